The molecule has 4 rings (SSSR count). The molecule has 0 aliphatic carbocycles. The zero-order chi connectivity index (χ0) is 23.8. The van der Waals surface area contributed by atoms with Crippen LogP contribution < -0.4 is 5.56 Å². The number of hydrogen-bond donors (Lipinski definition) is 0. The molecule has 2 aromatic carbocycles. The van der Waals surface area contributed by atoms with Crippen molar-refractivity contribution in [3.8, 4) is 5.69 Å². The number of para-hydroxylation sites is 1. The van der Waals surface area contributed by atoms with Crippen LogP contribution in [0.4, 0.5) is 13.2 Å². The van der Waals surface area contributed by atoms with Crippen LogP contribution in [0, 0.1) is 0 Å². The number of alkyl halides is 3. The van der Waals surface area contributed by atoms with Gasteiger partial charge in [0.15, 0.2) is 5.16 Å². The molecule has 0 bridgehead atoms. The zero-order valence-corrected chi connectivity index (χ0v) is 18.8. The fourth-order valence-electron chi connectivity index (χ4n) is 3.86. The largest absolute Gasteiger partial charge is 0.416 e. The third-order valence-electron chi connectivity index (χ3n) is 5.27. The molecule has 1 aromatic heterocycles. The second-order valence-corrected chi connectivity index (χ2v) is 8.89. The molecule has 33 heavy (non-hydrogen) atoms. The van der Waals surface area contributed by atoms with E-state index >= 15 is 0 Å². The Morgan fingerprint density at radius 3 is 2.52 bits per heavy atom. The molecule has 2 atom stereocenters. The molecule has 0 saturated carbocycles. The van der Waals surface area contributed by atoms with Gasteiger partial charge in [0.25, 0.3) is 5.56 Å². The summed E-state index contributed by atoms with van der Waals surface area (Å²) in [4.78, 5) is 32.3. The van der Waals surface area contributed by atoms with Crippen LogP contribution in [0.5, 0.6) is 0 Å². The first kappa shape index (κ1) is 23.3. The average Bonchev–Trinajstić information content (AvgIpc) is 2.76. The maximum Gasteiger partial charge on any atom is 0.416 e. The first-order chi connectivity index (χ1) is 15.6. The Bertz CT molecular complexity index is 1230. The van der Waals surface area contributed by atoms with E-state index in [9.17, 15) is 22.8 Å². The van der Waals surface area contributed by atoms with Crippen molar-refractivity contribution >= 4 is 28.6 Å². The van der Waals surface area contributed by atoms with Crippen molar-refractivity contribution in [3.63, 3.8) is 0 Å². The lowest BCUT2D eigenvalue weighted by atomic mass is 10.2. The van der Waals surface area contributed by atoms with Crippen molar-refractivity contribution in [1.82, 2.24) is 14.5 Å². The number of nitrogens with zero attached hydrogens (tertiary/aromatic N) is 3. The van der Waals surface area contributed by atoms with Gasteiger partial charge in [0.2, 0.25) is 5.91 Å². The summed E-state index contributed by atoms with van der Waals surface area (Å²) in [6.07, 6.45) is -4.74. The molecule has 1 aliphatic heterocycles. The second-order valence-electron chi connectivity index (χ2n) is 7.94. The zero-order valence-electron chi connectivity index (χ0n) is 18.0. The quantitative estimate of drug-likeness (QED) is 0.418. The molecular formula is C23H22F3N3O3S. The monoisotopic (exact) mass is 477 g/mol. The number of aromatic nitrogens is 2. The third-order valence-corrected chi connectivity index (χ3v) is 6.20. The lowest BCUT2D eigenvalue weighted by molar-refractivity contribution is -0.140. The van der Waals surface area contributed by atoms with Gasteiger partial charge in [-0.05, 0) is 44.2 Å². The summed E-state index contributed by atoms with van der Waals surface area (Å²) in [5, 5.41) is 0.433. The Kier molecular flexibility index (Phi) is 6.49. The first-order valence-electron chi connectivity index (χ1n) is 10.4. The summed E-state index contributed by atoms with van der Waals surface area (Å²) in [7, 11) is 0. The van der Waals surface area contributed by atoms with Gasteiger partial charge < -0.3 is 9.64 Å². The number of ether oxygens (including phenoxy) is 1. The maximum absolute atomic E-state index is 13.3. The Hall–Kier alpha value is -2.85. The third kappa shape index (κ3) is 5.06. The van der Waals surface area contributed by atoms with Crippen molar-refractivity contribution in [1.29, 1.82) is 0 Å². The van der Waals surface area contributed by atoms with Crippen LogP contribution in [0.25, 0.3) is 16.6 Å². The number of rotatable bonds is 4. The summed E-state index contributed by atoms with van der Waals surface area (Å²) in [5.41, 5.74) is -0.919. The van der Waals surface area contributed by atoms with Crippen LogP contribution in [-0.4, -0.2) is 51.4 Å². The van der Waals surface area contributed by atoms with E-state index in [4.69, 9.17) is 4.74 Å². The second kappa shape index (κ2) is 9.18. The highest BCUT2D eigenvalue weighted by Crippen LogP contribution is 2.31. The van der Waals surface area contributed by atoms with E-state index in [1.165, 1.54) is 12.1 Å². The van der Waals surface area contributed by atoms with Crippen molar-refractivity contribution in [2.45, 2.75) is 37.4 Å². The van der Waals surface area contributed by atoms with E-state index in [2.05, 4.69) is 4.98 Å². The highest BCUT2D eigenvalue weighted by atomic mass is 32.2. The van der Waals surface area contributed by atoms with Gasteiger partial charge in [-0.3, -0.25) is 14.2 Å². The molecule has 2 unspecified atom stereocenters. The number of carbonyl (C=O) groups is 1. The van der Waals surface area contributed by atoms with E-state index in [-0.39, 0.29) is 40.1 Å². The summed E-state index contributed by atoms with van der Waals surface area (Å²) < 4.78 is 46.7. The Labute approximate surface area is 192 Å². The number of morpholine rings is 1. The van der Waals surface area contributed by atoms with Crippen LogP contribution in [0.1, 0.15) is 19.4 Å². The minimum absolute atomic E-state index is 0.0107. The summed E-state index contributed by atoms with van der Waals surface area (Å²) >= 11 is 1.03. The molecule has 10 heteroatoms. The molecule has 2 heterocycles. The normalized spacial score (nSPS) is 19.1. The maximum atomic E-state index is 13.3. The van der Waals surface area contributed by atoms with E-state index in [0.29, 0.717) is 18.6 Å². The Morgan fingerprint density at radius 2 is 1.82 bits per heavy atom. The van der Waals surface area contributed by atoms with Gasteiger partial charge in [-0.1, -0.05) is 30.0 Å². The number of hydrogen-bond acceptors (Lipinski definition) is 5. The molecule has 3 aromatic rings. The van der Waals surface area contributed by atoms with Gasteiger partial charge in [0.05, 0.1) is 40.1 Å². The summed E-state index contributed by atoms with van der Waals surface area (Å²) in [6, 6.07) is 11.1. The number of amides is 1. The van der Waals surface area contributed by atoms with Crippen LogP contribution in [0.3, 0.4) is 0 Å². The highest BCUT2D eigenvalue weighted by Gasteiger charge is 2.31. The van der Waals surface area contributed by atoms with Crippen molar-refractivity contribution in [2.24, 2.45) is 0 Å². The molecule has 1 saturated heterocycles. The minimum Gasteiger partial charge on any atom is -0.372 e. The molecule has 1 aliphatic rings. The van der Waals surface area contributed by atoms with E-state index in [0.717, 1.165) is 28.5 Å². The predicted molar refractivity (Wildman–Crippen MR) is 120 cm³/mol. The summed E-state index contributed by atoms with van der Waals surface area (Å²) in [5.74, 6) is -0.164. The van der Waals surface area contributed by atoms with Gasteiger partial charge in [0.1, 0.15) is 0 Å². The SMILES string of the molecule is CC1CN(C(=O)CSc2nc3ccccc3c(=O)n2-c2cccc(C(F)(F)F)c2)CC(C)O1. The summed E-state index contributed by atoms with van der Waals surface area (Å²) in [6.45, 7) is 4.68. The Morgan fingerprint density at radius 1 is 1.12 bits per heavy atom. The standard InChI is InChI=1S/C23H22F3N3O3S/c1-14-11-28(12-15(2)32-14)20(30)13-33-22-27-19-9-4-3-8-18(19)21(31)29(22)17-7-5-6-16(10-17)23(24,25)26/h3-10,14-15H,11-13H2,1-2H3. The lowest BCUT2D eigenvalue weighted by Crippen LogP contribution is -2.48. The van der Waals surface area contributed by atoms with Gasteiger partial charge in [0, 0.05) is 13.1 Å². The molecule has 1 fully saturated rings. The number of carbonyl (C=O) groups excluding carboxylic acids is 1. The molecular weight excluding hydrogens is 455 g/mol. The van der Waals surface area contributed by atoms with Gasteiger partial charge in [-0.2, -0.15) is 13.2 Å². The molecule has 0 spiro atoms. The van der Waals surface area contributed by atoms with E-state index < -0.39 is 17.3 Å². The molecule has 0 radical (unpaired) electrons. The van der Waals surface area contributed by atoms with Gasteiger partial charge >= 0.3 is 6.18 Å². The predicted octanol–water partition coefficient (Wildman–Crippen LogP) is 4.13. The molecule has 1 amide bonds. The highest BCUT2D eigenvalue weighted by molar-refractivity contribution is 7.99. The number of fused-ring (bicyclic) bond motifs is 1. The number of thioether (sulfide) groups is 1. The number of benzene rings is 2. The fraction of sp³-hybridized carbons (Fsp3) is 0.348. The topological polar surface area (TPSA) is 64.4 Å². The molecule has 174 valence electrons. The van der Waals surface area contributed by atoms with Crippen LogP contribution in [0.2, 0.25) is 0 Å². The molecule has 0 N–H and O–H groups in total. The average molecular weight is 478 g/mol. The van der Waals surface area contributed by atoms with Crippen molar-refractivity contribution in [3.05, 3.63) is 64.4 Å². The van der Waals surface area contributed by atoms with Crippen LogP contribution >= 0.6 is 11.8 Å². The van der Waals surface area contributed by atoms with Crippen molar-refractivity contribution < 1.29 is 22.7 Å². The van der Waals surface area contributed by atoms with Gasteiger partial charge in [-0.15, -0.1) is 0 Å². The Balaban J connectivity index is 1.72. The van der Waals surface area contributed by atoms with Crippen molar-refractivity contribution in [2.75, 3.05) is 18.8 Å². The minimum atomic E-state index is -4.56. The van der Waals surface area contributed by atoms with Crippen LogP contribution in [-0.2, 0) is 15.7 Å². The van der Waals surface area contributed by atoms with E-state index in [1.807, 2.05) is 13.8 Å². The fourth-order valence-corrected chi connectivity index (χ4v) is 4.77. The lowest BCUT2D eigenvalue weighted by Gasteiger charge is -2.35. The molecule has 6 nitrogen and oxygen atoms in total. The first-order valence-corrected chi connectivity index (χ1v) is 11.4. The van der Waals surface area contributed by atoms with Crippen LogP contribution in [0.15, 0.2) is 58.5 Å². The van der Waals surface area contributed by atoms with Gasteiger partial charge in [-0.25, -0.2) is 4.98 Å². The van der Waals surface area contributed by atoms with E-state index in [1.54, 1.807) is 29.2 Å². The number of halogens is 3. The smallest absolute Gasteiger partial charge is 0.372 e.